The Hall–Kier alpha value is -3.43. The molecule has 0 fully saturated rings. The van der Waals surface area contributed by atoms with E-state index in [-0.39, 0.29) is 22.6 Å². The van der Waals surface area contributed by atoms with Gasteiger partial charge in [0.15, 0.2) is 16.9 Å². The molecule has 1 aromatic rings. The summed E-state index contributed by atoms with van der Waals surface area (Å²) in [5.41, 5.74) is 6.82. The van der Waals surface area contributed by atoms with Crippen molar-refractivity contribution in [1.29, 1.82) is 15.8 Å². The number of fused-ring (bicyclic) bond motifs is 1. The van der Waals surface area contributed by atoms with Gasteiger partial charge in [-0.1, -0.05) is 39.8 Å². The highest BCUT2D eigenvalue weighted by atomic mass is 16.5. The number of rotatable bonds is 6. The van der Waals surface area contributed by atoms with Gasteiger partial charge in [-0.05, 0) is 66.7 Å². The van der Waals surface area contributed by atoms with Crippen LogP contribution in [-0.4, -0.2) is 13.2 Å². The van der Waals surface area contributed by atoms with Gasteiger partial charge in [0.25, 0.3) is 0 Å². The van der Waals surface area contributed by atoms with Crippen LogP contribution in [0.4, 0.5) is 0 Å². The van der Waals surface area contributed by atoms with Gasteiger partial charge in [-0.3, -0.25) is 0 Å². The first-order valence-electron chi connectivity index (χ1n) is 12.0. The number of ether oxygens (including phenoxy) is 2. The lowest BCUT2D eigenvalue weighted by molar-refractivity contribution is 0.170. The zero-order chi connectivity index (χ0) is 25.1. The molecule has 34 heavy (non-hydrogen) atoms. The van der Waals surface area contributed by atoms with E-state index in [0.717, 1.165) is 30.4 Å². The number of nitriles is 3. The molecular formula is C28H34N4O2. The van der Waals surface area contributed by atoms with E-state index in [9.17, 15) is 15.8 Å². The van der Waals surface area contributed by atoms with E-state index < -0.39 is 11.3 Å². The zero-order valence-corrected chi connectivity index (χ0v) is 20.8. The molecule has 0 heterocycles. The number of nitrogens with zero attached hydrogens (tertiary/aromatic N) is 3. The van der Waals surface area contributed by atoms with Gasteiger partial charge in [-0.15, -0.1) is 0 Å². The molecule has 3 rings (SSSR count). The molecule has 1 aromatic carbocycles. The summed E-state index contributed by atoms with van der Waals surface area (Å²) in [4.78, 5) is 0. The largest absolute Gasteiger partial charge is 0.490 e. The summed E-state index contributed by atoms with van der Waals surface area (Å²) >= 11 is 0. The second-order valence-corrected chi connectivity index (χ2v) is 10.2. The zero-order valence-electron chi connectivity index (χ0n) is 20.8. The van der Waals surface area contributed by atoms with Crippen LogP contribution in [0, 0.1) is 56.7 Å². The van der Waals surface area contributed by atoms with Gasteiger partial charge < -0.3 is 15.2 Å². The summed E-state index contributed by atoms with van der Waals surface area (Å²) in [5, 5.41) is 30.6. The molecule has 0 aliphatic heterocycles. The molecule has 6 nitrogen and oxygen atoms in total. The fraction of sp³-hybridized carbons (Fsp3) is 0.536. The van der Waals surface area contributed by atoms with Crippen LogP contribution in [0.25, 0.3) is 0 Å². The van der Waals surface area contributed by atoms with Gasteiger partial charge in [0.2, 0.25) is 0 Å². The lowest BCUT2D eigenvalue weighted by Crippen LogP contribution is -2.44. The van der Waals surface area contributed by atoms with Crippen molar-refractivity contribution in [3.63, 3.8) is 0 Å². The van der Waals surface area contributed by atoms with Gasteiger partial charge in [-0.25, -0.2) is 0 Å². The summed E-state index contributed by atoms with van der Waals surface area (Å²) in [6.07, 6.45) is 4.57. The lowest BCUT2D eigenvalue weighted by atomic mass is 9.54. The Kier molecular flexibility index (Phi) is 7.28. The van der Waals surface area contributed by atoms with Gasteiger partial charge in [0, 0.05) is 5.92 Å². The Morgan fingerprint density at radius 2 is 1.79 bits per heavy atom. The Labute approximate surface area is 203 Å². The first-order chi connectivity index (χ1) is 16.2. The predicted octanol–water partition coefficient (Wildman–Crippen LogP) is 5.74. The minimum Gasteiger partial charge on any atom is -0.490 e. The van der Waals surface area contributed by atoms with Crippen LogP contribution in [0.2, 0.25) is 0 Å². The maximum Gasteiger partial charge on any atom is 0.191 e. The molecular weight excluding hydrogens is 424 g/mol. The number of allylic oxidation sites excluding steroid dienone is 4. The molecule has 6 heteroatoms. The molecule has 0 spiro atoms. The number of hydrogen-bond donors (Lipinski definition) is 1. The minimum absolute atomic E-state index is 0.0440. The van der Waals surface area contributed by atoms with Crippen molar-refractivity contribution < 1.29 is 9.47 Å². The summed E-state index contributed by atoms with van der Waals surface area (Å²) in [7, 11) is 0. The van der Waals surface area contributed by atoms with Crippen molar-refractivity contribution in [3.8, 4) is 29.7 Å². The second-order valence-electron chi connectivity index (χ2n) is 10.2. The van der Waals surface area contributed by atoms with Crippen molar-refractivity contribution in [2.24, 2.45) is 28.4 Å². The molecule has 178 valence electrons. The van der Waals surface area contributed by atoms with Gasteiger partial charge in [-0.2, -0.15) is 15.8 Å². The third kappa shape index (κ3) is 4.24. The molecule has 0 bridgehead atoms. The molecule has 0 aromatic heterocycles. The van der Waals surface area contributed by atoms with Gasteiger partial charge >= 0.3 is 0 Å². The molecule has 0 saturated carbocycles. The normalized spacial score (nSPS) is 23.6. The van der Waals surface area contributed by atoms with Crippen LogP contribution in [0.15, 0.2) is 41.1 Å². The third-order valence-electron chi connectivity index (χ3n) is 7.19. The van der Waals surface area contributed by atoms with Crippen LogP contribution in [0.1, 0.15) is 65.4 Å². The average Bonchev–Trinajstić information content (AvgIpc) is 2.82. The summed E-state index contributed by atoms with van der Waals surface area (Å²) in [5.74, 6) is 0.847. The Balaban J connectivity index is 2.25. The molecule has 2 N–H and O–H groups in total. The highest BCUT2D eigenvalue weighted by Gasteiger charge is 2.55. The van der Waals surface area contributed by atoms with Crippen molar-refractivity contribution in [2.45, 2.75) is 59.8 Å². The maximum atomic E-state index is 10.3. The van der Waals surface area contributed by atoms with Crippen LogP contribution in [-0.2, 0) is 0 Å². The van der Waals surface area contributed by atoms with E-state index in [1.807, 2.05) is 32.0 Å². The first-order valence-corrected chi connectivity index (χ1v) is 12.0. The van der Waals surface area contributed by atoms with Crippen molar-refractivity contribution in [3.05, 3.63) is 46.7 Å². The topological polar surface area (TPSA) is 116 Å². The molecule has 0 unspecified atom stereocenters. The van der Waals surface area contributed by atoms with Gasteiger partial charge in [0.05, 0.1) is 36.6 Å². The molecule has 0 amide bonds. The minimum atomic E-state index is -1.65. The Morgan fingerprint density at radius 3 is 2.35 bits per heavy atom. The summed E-state index contributed by atoms with van der Waals surface area (Å²) in [6.45, 7) is 11.6. The highest BCUT2D eigenvalue weighted by Crippen LogP contribution is 2.58. The smallest absolute Gasteiger partial charge is 0.191 e. The quantitative estimate of drug-likeness (QED) is 0.581. The molecule has 0 saturated heterocycles. The predicted molar refractivity (Wildman–Crippen MR) is 130 cm³/mol. The fourth-order valence-corrected chi connectivity index (χ4v) is 5.29. The van der Waals surface area contributed by atoms with Crippen LogP contribution >= 0.6 is 0 Å². The van der Waals surface area contributed by atoms with E-state index >= 15 is 0 Å². The monoisotopic (exact) mass is 458 g/mol. The van der Waals surface area contributed by atoms with E-state index in [1.54, 1.807) is 0 Å². The van der Waals surface area contributed by atoms with Crippen LogP contribution in [0.3, 0.4) is 0 Å². The average molecular weight is 459 g/mol. The molecule has 2 aliphatic carbocycles. The second kappa shape index (κ2) is 9.82. The highest BCUT2D eigenvalue weighted by molar-refractivity contribution is 5.60. The summed E-state index contributed by atoms with van der Waals surface area (Å²) in [6, 6.07) is 12.3. The van der Waals surface area contributed by atoms with Crippen LogP contribution < -0.4 is 15.2 Å². The Morgan fingerprint density at radius 1 is 1.09 bits per heavy atom. The summed E-state index contributed by atoms with van der Waals surface area (Å²) < 4.78 is 11.7. The Bertz CT molecular complexity index is 1110. The molecule has 3 atom stereocenters. The lowest BCUT2D eigenvalue weighted by Gasteiger charge is -2.47. The maximum absolute atomic E-state index is 10.3. The van der Waals surface area contributed by atoms with E-state index in [0.29, 0.717) is 30.6 Å². The van der Waals surface area contributed by atoms with Crippen molar-refractivity contribution >= 4 is 0 Å². The number of hydrogen-bond acceptors (Lipinski definition) is 6. The fourth-order valence-electron chi connectivity index (χ4n) is 5.29. The number of nitrogens with two attached hydrogens (primary N) is 1. The van der Waals surface area contributed by atoms with Crippen molar-refractivity contribution in [1.82, 2.24) is 0 Å². The van der Waals surface area contributed by atoms with Crippen LogP contribution in [0.5, 0.6) is 11.5 Å². The number of benzene rings is 1. The van der Waals surface area contributed by atoms with E-state index in [4.69, 9.17) is 15.2 Å². The third-order valence-corrected chi connectivity index (χ3v) is 7.19. The first kappa shape index (κ1) is 25.2. The van der Waals surface area contributed by atoms with Crippen molar-refractivity contribution in [2.75, 3.05) is 13.2 Å². The standard InChI is InChI=1S/C28H34N4O2/c1-6-12-34-23-11-8-18(13-24(23)33-7-2)25-21-14-19(27(3,4)5)9-10-20(21)22(15-29)26(32)28(25,16-30)17-31/h8,10-11,13,19,21,25H,6-7,9,12,14,32H2,1-5H3/t19-,21-,25+/m0/s1. The molecule has 2 aliphatic rings. The van der Waals surface area contributed by atoms with E-state index in [1.165, 1.54) is 0 Å². The van der Waals surface area contributed by atoms with E-state index in [2.05, 4.69) is 45.1 Å². The SMILES string of the molecule is CCCOc1ccc([C@@H]2[C@H]3C[C@@H](C(C)(C)C)CC=C3C(C#N)=C(N)C2(C#N)C#N)cc1OCC. The van der Waals surface area contributed by atoms with Gasteiger partial charge in [0.1, 0.15) is 6.07 Å². The molecule has 0 radical (unpaired) electrons.